The Morgan fingerprint density at radius 3 is 2.47 bits per heavy atom. The fourth-order valence-corrected chi connectivity index (χ4v) is 2.53. The van der Waals surface area contributed by atoms with Crippen LogP contribution in [0.15, 0.2) is 0 Å². The molecule has 2 N–H and O–H groups in total. The van der Waals surface area contributed by atoms with Crippen LogP contribution in [0.1, 0.15) is 58.8 Å². The average Bonchev–Trinajstić information content (AvgIpc) is 2.35. The molecule has 1 fully saturated rings. The number of hydrogen-bond donors (Lipinski definition) is 2. The Morgan fingerprint density at radius 1 is 1.29 bits per heavy atom. The monoisotopic (exact) mass is 238 g/mol. The van der Waals surface area contributed by atoms with Gasteiger partial charge in [0.05, 0.1) is 12.7 Å². The van der Waals surface area contributed by atoms with Crippen LogP contribution in [-0.4, -0.2) is 23.8 Å². The number of nitrogens with one attached hydrogen (secondary N) is 1. The molecule has 0 amide bonds. The molecule has 0 unspecified atom stereocenters. The van der Waals surface area contributed by atoms with Crippen molar-refractivity contribution in [3.05, 3.63) is 0 Å². The number of rotatable bonds is 6. The van der Waals surface area contributed by atoms with Crippen molar-refractivity contribution >= 4 is 0 Å². The first-order valence-electron chi connectivity index (χ1n) is 6.76. The lowest BCUT2D eigenvalue weighted by Gasteiger charge is -2.39. The normalized spacial score (nSPS) is 19.9. The van der Waals surface area contributed by atoms with Crippen molar-refractivity contribution in [2.75, 3.05) is 13.2 Å². The smallest absolute Gasteiger partial charge is 0.0621 e. The van der Waals surface area contributed by atoms with Gasteiger partial charge in [-0.1, -0.05) is 33.1 Å². The van der Waals surface area contributed by atoms with Crippen molar-refractivity contribution in [3.8, 4) is 6.07 Å². The second kappa shape index (κ2) is 6.37. The minimum Gasteiger partial charge on any atom is -0.394 e. The highest BCUT2D eigenvalue weighted by Gasteiger charge is 2.32. The van der Waals surface area contributed by atoms with E-state index in [1.807, 2.05) is 0 Å². The fraction of sp³-hybridized carbons (Fsp3) is 0.929. The predicted molar refractivity (Wildman–Crippen MR) is 69.5 cm³/mol. The maximum Gasteiger partial charge on any atom is 0.0621 e. The van der Waals surface area contributed by atoms with E-state index in [1.54, 1.807) is 0 Å². The molecule has 1 rings (SSSR count). The van der Waals surface area contributed by atoms with Gasteiger partial charge in [0.1, 0.15) is 0 Å². The first kappa shape index (κ1) is 14.5. The number of aliphatic hydroxyl groups excluding tert-OH is 1. The van der Waals surface area contributed by atoms with Gasteiger partial charge < -0.3 is 10.4 Å². The molecular formula is C14H26N2O. The van der Waals surface area contributed by atoms with E-state index in [2.05, 4.69) is 25.2 Å². The number of hydrogen-bond acceptors (Lipinski definition) is 3. The van der Waals surface area contributed by atoms with Crippen LogP contribution < -0.4 is 5.32 Å². The zero-order valence-corrected chi connectivity index (χ0v) is 11.3. The lowest BCUT2D eigenvalue weighted by molar-refractivity contribution is 0.107. The SMILES string of the molecule is CC(C)(CCC#N)CNC1(CO)CCCCC1. The van der Waals surface area contributed by atoms with E-state index in [9.17, 15) is 5.11 Å². The van der Waals surface area contributed by atoms with Crippen molar-refractivity contribution in [2.24, 2.45) is 5.41 Å². The average molecular weight is 238 g/mol. The highest BCUT2D eigenvalue weighted by molar-refractivity contribution is 4.92. The Bertz CT molecular complexity index is 262. The Labute approximate surface area is 105 Å². The van der Waals surface area contributed by atoms with Crippen LogP contribution in [0.5, 0.6) is 0 Å². The first-order valence-corrected chi connectivity index (χ1v) is 6.76. The first-order chi connectivity index (χ1) is 8.04. The fourth-order valence-electron chi connectivity index (χ4n) is 2.53. The summed E-state index contributed by atoms with van der Waals surface area (Å²) < 4.78 is 0. The summed E-state index contributed by atoms with van der Waals surface area (Å²) in [7, 11) is 0. The molecule has 0 saturated heterocycles. The van der Waals surface area contributed by atoms with E-state index in [0.717, 1.165) is 25.8 Å². The molecule has 1 aliphatic rings. The van der Waals surface area contributed by atoms with Gasteiger partial charge in [-0.3, -0.25) is 0 Å². The van der Waals surface area contributed by atoms with Gasteiger partial charge in [-0.2, -0.15) is 5.26 Å². The number of nitriles is 1. The zero-order chi connectivity index (χ0) is 12.8. The summed E-state index contributed by atoms with van der Waals surface area (Å²) in [6.07, 6.45) is 7.41. The van der Waals surface area contributed by atoms with Gasteiger partial charge in [0.15, 0.2) is 0 Å². The van der Waals surface area contributed by atoms with E-state index in [1.165, 1.54) is 19.3 Å². The Morgan fingerprint density at radius 2 is 1.94 bits per heavy atom. The molecule has 0 aromatic rings. The lowest BCUT2D eigenvalue weighted by Crippen LogP contribution is -2.52. The van der Waals surface area contributed by atoms with Gasteiger partial charge in [0.25, 0.3) is 0 Å². The summed E-state index contributed by atoms with van der Waals surface area (Å²) >= 11 is 0. The Kier molecular flexibility index (Phi) is 5.42. The molecule has 98 valence electrons. The van der Waals surface area contributed by atoms with Crippen molar-refractivity contribution in [1.29, 1.82) is 5.26 Å². The molecule has 0 aliphatic heterocycles. The van der Waals surface area contributed by atoms with Gasteiger partial charge >= 0.3 is 0 Å². The zero-order valence-electron chi connectivity index (χ0n) is 11.3. The van der Waals surface area contributed by atoms with Crippen LogP contribution in [0, 0.1) is 16.7 Å². The van der Waals surface area contributed by atoms with Gasteiger partial charge in [0.2, 0.25) is 0 Å². The Balaban J connectivity index is 2.43. The van der Waals surface area contributed by atoms with Gasteiger partial charge in [0, 0.05) is 18.5 Å². The van der Waals surface area contributed by atoms with E-state index in [4.69, 9.17) is 5.26 Å². The summed E-state index contributed by atoms with van der Waals surface area (Å²) in [5, 5.41) is 21.8. The van der Waals surface area contributed by atoms with Crippen LogP contribution in [0.25, 0.3) is 0 Å². The molecule has 0 aromatic carbocycles. The highest BCUT2D eigenvalue weighted by atomic mass is 16.3. The standard InChI is InChI=1S/C14H26N2O/c1-13(2,7-6-10-15)11-16-14(12-17)8-4-3-5-9-14/h16-17H,3-9,11-12H2,1-2H3. The topological polar surface area (TPSA) is 56.0 Å². The minimum absolute atomic E-state index is 0.0534. The lowest BCUT2D eigenvalue weighted by atomic mass is 9.80. The van der Waals surface area contributed by atoms with Crippen molar-refractivity contribution < 1.29 is 5.11 Å². The van der Waals surface area contributed by atoms with E-state index < -0.39 is 0 Å². The minimum atomic E-state index is -0.0534. The van der Waals surface area contributed by atoms with Gasteiger partial charge in [-0.05, 0) is 24.7 Å². The van der Waals surface area contributed by atoms with Crippen LogP contribution >= 0.6 is 0 Å². The summed E-state index contributed by atoms with van der Waals surface area (Å²) in [6.45, 7) is 5.49. The van der Waals surface area contributed by atoms with Crippen molar-refractivity contribution in [2.45, 2.75) is 64.3 Å². The molecule has 3 nitrogen and oxygen atoms in total. The van der Waals surface area contributed by atoms with E-state index in [0.29, 0.717) is 6.42 Å². The second-order valence-corrected chi connectivity index (χ2v) is 6.17. The third-order valence-electron chi connectivity index (χ3n) is 3.97. The van der Waals surface area contributed by atoms with Gasteiger partial charge in [-0.25, -0.2) is 0 Å². The third kappa shape index (κ3) is 4.65. The molecule has 1 aliphatic carbocycles. The third-order valence-corrected chi connectivity index (χ3v) is 3.97. The van der Waals surface area contributed by atoms with Crippen LogP contribution in [-0.2, 0) is 0 Å². The second-order valence-electron chi connectivity index (χ2n) is 6.17. The highest BCUT2D eigenvalue weighted by Crippen LogP contribution is 2.29. The Hall–Kier alpha value is -0.590. The molecule has 0 aromatic heterocycles. The quantitative estimate of drug-likeness (QED) is 0.748. The molecule has 0 radical (unpaired) electrons. The van der Waals surface area contributed by atoms with Gasteiger partial charge in [-0.15, -0.1) is 0 Å². The molecule has 0 heterocycles. The summed E-state index contributed by atoms with van der Waals surface area (Å²) in [5.41, 5.74) is 0.0809. The molecule has 0 atom stereocenters. The summed E-state index contributed by atoms with van der Waals surface area (Å²) in [4.78, 5) is 0. The van der Waals surface area contributed by atoms with E-state index >= 15 is 0 Å². The summed E-state index contributed by atoms with van der Waals surface area (Å²) in [6, 6.07) is 2.21. The molecule has 0 spiro atoms. The number of nitrogens with zero attached hydrogens (tertiary/aromatic N) is 1. The van der Waals surface area contributed by atoms with Crippen molar-refractivity contribution in [1.82, 2.24) is 5.32 Å². The molecular weight excluding hydrogens is 212 g/mol. The summed E-state index contributed by atoms with van der Waals surface area (Å²) in [5.74, 6) is 0. The largest absolute Gasteiger partial charge is 0.394 e. The maximum atomic E-state index is 9.60. The molecule has 0 bridgehead atoms. The number of aliphatic hydroxyl groups is 1. The van der Waals surface area contributed by atoms with E-state index in [-0.39, 0.29) is 17.6 Å². The maximum absolute atomic E-state index is 9.60. The van der Waals surface area contributed by atoms with Crippen LogP contribution in [0.4, 0.5) is 0 Å². The van der Waals surface area contributed by atoms with Crippen molar-refractivity contribution in [3.63, 3.8) is 0 Å². The molecule has 1 saturated carbocycles. The molecule has 17 heavy (non-hydrogen) atoms. The molecule has 3 heteroatoms. The van der Waals surface area contributed by atoms with Crippen LogP contribution in [0.3, 0.4) is 0 Å². The predicted octanol–water partition coefficient (Wildman–Crippen LogP) is 2.60. The van der Waals surface area contributed by atoms with Crippen LogP contribution in [0.2, 0.25) is 0 Å².